The van der Waals surface area contributed by atoms with Crippen molar-refractivity contribution in [2.24, 2.45) is 5.73 Å². The Bertz CT molecular complexity index is 1410. The number of furan rings is 1. The van der Waals surface area contributed by atoms with Crippen molar-refractivity contribution in [2.45, 2.75) is 45.6 Å². The number of nitrogen functional groups attached to an aromatic ring is 1. The van der Waals surface area contributed by atoms with Crippen LogP contribution >= 0.6 is 0 Å². The molecule has 0 saturated heterocycles. The molecular weight excluding hydrogens is 455 g/mol. The first kappa shape index (κ1) is 22.6. The van der Waals surface area contributed by atoms with E-state index < -0.39 is 6.08 Å². The van der Waals surface area contributed by atoms with Gasteiger partial charge in [-0.15, -0.1) is 0 Å². The quantitative estimate of drug-likeness (QED) is 0.274. The molecule has 1 amide bonds. The van der Waals surface area contributed by atoms with Gasteiger partial charge in [0.25, 0.3) is 0 Å². The monoisotopic (exact) mass is 480 g/mol. The number of hydrogen-bond donors (Lipinski definition) is 2. The third-order valence-electron chi connectivity index (χ3n) is 5.93. The number of amides is 1. The van der Waals surface area contributed by atoms with Gasteiger partial charge in [-0.3, -0.25) is 4.79 Å². The van der Waals surface area contributed by atoms with Gasteiger partial charge in [-0.25, -0.2) is 4.98 Å². The molecule has 0 fully saturated rings. The number of carbonyl (C=O) groups excluding carboxylic acids is 1. The number of nitrogens with zero attached hydrogens (tertiary/aromatic N) is 4. The van der Waals surface area contributed by atoms with Crippen LogP contribution in [0.4, 0.5) is 10.2 Å². The highest BCUT2D eigenvalue weighted by molar-refractivity contribution is 5.82. The molecule has 1 aliphatic rings. The summed E-state index contributed by atoms with van der Waals surface area (Å²) in [7, 11) is 0. The van der Waals surface area contributed by atoms with Crippen LogP contribution in [0, 0.1) is 13.0 Å². The lowest BCUT2D eigenvalue weighted by molar-refractivity contribution is -0.118. The van der Waals surface area contributed by atoms with E-state index in [0.717, 1.165) is 29.7 Å². The second kappa shape index (κ2) is 9.24. The number of carbonyl (C=O) groups is 1. The number of primary amides is 1. The van der Waals surface area contributed by atoms with Crippen LogP contribution in [0.2, 0.25) is 0 Å². The number of nitrogens with two attached hydrogens (primary N) is 2. The van der Waals surface area contributed by atoms with E-state index in [2.05, 4.69) is 15.0 Å². The van der Waals surface area contributed by atoms with Gasteiger partial charge in [0.05, 0.1) is 0 Å². The van der Waals surface area contributed by atoms with Crippen molar-refractivity contribution in [3.8, 4) is 22.8 Å². The lowest BCUT2D eigenvalue weighted by atomic mass is 10.0. The Hall–Kier alpha value is -4.15. The molecule has 0 bridgehead atoms. The van der Waals surface area contributed by atoms with E-state index in [1.807, 2.05) is 35.8 Å². The van der Waals surface area contributed by atoms with Gasteiger partial charge in [0, 0.05) is 24.9 Å². The highest BCUT2D eigenvalue weighted by Gasteiger charge is 2.23. The average molecular weight is 481 g/mol. The van der Waals surface area contributed by atoms with Gasteiger partial charge < -0.3 is 29.9 Å². The van der Waals surface area contributed by atoms with E-state index in [-0.39, 0.29) is 18.5 Å². The molecule has 0 atom stereocenters. The summed E-state index contributed by atoms with van der Waals surface area (Å²) in [5, 5.41) is 0. The Morgan fingerprint density at radius 1 is 1.11 bits per heavy atom. The fourth-order valence-corrected chi connectivity index (χ4v) is 4.26. The van der Waals surface area contributed by atoms with Gasteiger partial charge in [0.2, 0.25) is 12.7 Å². The van der Waals surface area contributed by atoms with Gasteiger partial charge >= 0.3 is 6.08 Å². The van der Waals surface area contributed by atoms with E-state index in [1.165, 1.54) is 0 Å². The van der Waals surface area contributed by atoms with Crippen molar-refractivity contribution in [3.63, 3.8) is 0 Å². The number of aryl methyl sites for hydroxylation is 2. The Labute approximate surface area is 200 Å². The number of ether oxygens (including phenoxy) is 2. The maximum absolute atomic E-state index is 14.0. The first-order valence-electron chi connectivity index (χ1n) is 11.3. The van der Waals surface area contributed by atoms with Crippen LogP contribution in [0.25, 0.3) is 22.5 Å². The van der Waals surface area contributed by atoms with Crippen LogP contribution in [0.15, 0.2) is 28.7 Å². The minimum absolute atomic E-state index is 0.0196. The largest absolute Gasteiger partial charge is 0.461 e. The van der Waals surface area contributed by atoms with Crippen LogP contribution in [-0.2, 0) is 17.8 Å². The summed E-state index contributed by atoms with van der Waals surface area (Å²) < 4.78 is 33.0. The minimum Gasteiger partial charge on any atom is -0.461 e. The van der Waals surface area contributed by atoms with Gasteiger partial charge in [0.15, 0.2) is 28.5 Å². The van der Waals surface area contributed by atoms with Gasteiger partial charge in [-0.1, -0.05) is 6.42 Å². The molecule has 0 saturated carbocycles. The summed E-state index contributed by atoms with van der Waals surface area (Å²) in [5.74, 6) is 3.04. The summed E-state index contributed by atoms with van der Waals surface area (Å²) in [5.41, 5.74) is 13.6. The summed E-state index contributed by atoms with van der Waals surface area (Å²) in [6.07, 6.45) is 1.96. The minimum atomic E-state index is -0.911. The SMILES string of the molecule is Cc1ccc(-c2cc3c(cc2Cc2nc4c(N)nc(F)nc4n2CCCCCC(N)=O)OCO3)o1. The van der Waals surface area contributed by atoms with Crippen LogP contribution in [0.1, 0.15) is 42.8 Å². The maximum atomic E-state index is 14.0. The summed E-state index contributed by atoms with van der Waals surface area (Å²) in [4.78, 5) is 23.3. The molecule has 4 aromatic rings. The fourth-order valence-electron chi connectivity index (χ4n) is 4.26. The Balaban J connectivity index is 1.53. The Morgan fingerprint density at radius 2 is 1.91 bits per heavy atom. The molecule has 0 aliphatic carbocycles. The van der Waals surface area contributed by atoms with Crippen LogP contribution < -0.4 is 20.9 Å². The van der Waals surface area contributed by atoms with E-state index in [9.17, 15) is 9.18 Å². The lowest BCUT2D eigenvalue weighted by Gasteiger charge is -2.12. The van der Waals surface area contributed by atoms with Crippen LogP contribution in [-0.4, -0.2) is 32.2 Å². The van der Waals surface area contributed by atoms with E-state index >= 15 is 0 Å². The van der Waals surface area contributed by atoms with Gasteiger partial charge in [0.1, 0.15) is 17.3 Å². The van der Waals surface area contributed by atoms with E-state index in [4.69, 9.17) is 25.4 Å². The first-order valence-corrected chi connectivity index (χ1v) is 11.3. The molecule has 3 aromatic heterocycles. The van der Waals surface area contributed by atoms with Crippen molar-refractivity contribution in [1.82, 2.24) is 19.5 Å². The number of unbranched alkanes of at least 4 members (excludes halogenated alkanes) is 2. The Kier molecular flexibility index (Phi) is 5.98. The number of anilines is 1. The Morgan fingerprint density at radius 3 is 2.66 bits per heavy atom. The zero-order chi connectivity index (χ0) is 24.5. The van der Waals surface area contributed by atoms with Crippen molar-refractivity contribution < 1.29 is 23.1 Å². The normalized spacial score (nSPS) is 12.5. The standard InChI is InChI=1S/C24H25FN6O4/c1-13-6-7-16(35-13)15-11-18-17(33-12-34-18)9-14(15)10-20-28-21-22(27)29-24(25)30-23(21)31(20)8-4-2-3-5-19(26)32/h6-7,9,11H,2-5,8,10,12H2,1H3,(H2,26,32)(H2,27,29,30). The molecule has 0 radical (unpaired) electrons. The van der Waals surface area contributed by atoms with Crippen molar-refractivity contribution in [1.29, 1.82) is 0 Å². The molecule has 11 heteroatoms. The van der Waals surface area contributed by atoms with Crippen LogP contribution in [0.5, 0.6) is 11.5 Å². The zero-order valence-electron chi connectivity index (χ0n) is 19.2. The lowest BCUT2D eigenvalue weighted by Crippen LogP contribution is -2.10. The zero-order valence-corrected chi connectivity index (χ0v) is 19.2. The van der Waals surface area contributed by atoms with Crippen molar-refractivity contribution in [3.05, 3.63) is 47.5 Å². The van der Waals surface area contributed by atoms with E-state index in [0.29, 0.717) is 60.1 Å². The third-order valence-corrected chi connectivity index (χ3v) is 5.93. The van der Waals surface area contributed by atoms with Crippen molar-refractivity contribution in [2.75, 3.05) is 12.5 Å². The summed E-state index contributed by atoms with van der Waals surface area (Å²) in [6, 6.07) is 7.59. The molecule has 182 valence electrons. The number of fused-ring (bicyclic) bond motifs is 2. The molecule has 1 aromatic carbocycles. The van der Waals surface area contributed by atoms with Gasteiger partial charge in [-0.2, -0.15) is 14.4 Å². The fraction of sp³-hybridized carbons (Fsp3) is 0.333. The molecule has 4 N–H and O–H groups in total. The number of aromatic nitrogens is 4. The van der Waals surface area contributed by atoms with Gasteiger partial charge in [-0.05, 0) is 49.6 Å². The smallest absolute Gasteiger partial charge is 0.312 e. The highest BCUT2D eigenvalue weighted by Crippen LogP contribution is 2.40. The molecule has 0 unspecified atom stereocenters. The summed E-state index contributed by atoms with van der Waals surface area (Å²) in [6.45, 7) is 2.54. The molecular formula is C24H25FN6O4. The highest BCUT2D eigenvalue weighted by atomic mass is 19.1. The third kappa shape index (κ3) is 4.61. The average Bonchev–Trinajstić information content (AvgIpc) is 3.52. The molecule has 5 rings (SSSR count). The number of hydrogen-bond acceptors (Lipinski definition) is 8. The second-order valence-corrected chi connectivity index (χ2v) is 8.46. The molecule has 35 heavy (non-hydrogen) atoms. The maximum Gasteiger partial charge on any atom is 0.312 e. The molecule has 1 aliphatic heterocycles. The molecule has 0 spiro atoms. The number of rotatable bonds is 9. The van der Waals surface area contributed by atoms with Crippen molar-refractivity contribution >= 4 is 22.9 Å². The number of benzene rings is 1. The van der Waals surface area contributed by atoms with E-state index in [1.54, 1.807) is 0 Å². The number of halogens is 1. The second-order valence-electron chi connectivity index (χ2n) is 8.46. The topological polar surface area (TPSA) is 144 Å². The predicted molar refractivity (Wildman–Crippen MR) is 125 cm³/mol. The van der Waals surface area contributed by atoms with Crippen LogP contribution in [0.3, 0.4) is 0 Å². The first-order chi connectivity index (χ1) is 16.9. The predicted octanol–water partition coefficient (Wildman–Crippen LogP) is 3.48. The molecule has 4 heterocycles. The molecule has 10 nitrogen and oxygen atoms in total. The number of imidazole rings is 1. The summed E-state index contributed by atoms with van der Waals surface area (Å²) >= 11 is 0.